The topological polar surface area (TPSA) is 58.3 Å². The highest BCUT2D eigenvalue weighted by molar-refractivity contribution is 6.21. The molecular weight excluding hydrogens is 342 g/mol. The lowest BCUT2D eigenvalue weighted by atomic mass is 10.2. The van der Waals surface area contributed by atoms with Gasteiger partial charge in [-0.3, -0.25) is 4.79 Å². The maximum atomic E-state index is 12.8. The van der Waals surface area contributed by atoms with Crippen molar-refractivity contribution in [1.29, 1.82) is 0 Å². The van der Waals surface area contributed by atoms with E-state index in [9.17, 15) is 4.79 Å². The highest BCUT2D eigenvalue weighted by Crippen LogP contribution is 2.24. The molecule has 0 saturated carbocycles. The minimum absolute atomic E-state index is 0.0110. The smallest absolute Gasteiger partial charge is 0.258 e. The Morgan fingerprint density at radius 3 is 2.70 bits per heavy atom. The van der Waals surface area contributed by atoms with E-state index in [0.29, 0.717) is 25.7 Å². The van der Waals surface area contributed by atoms with E-state index >= 15 is 0 Å². The molecule has 0 radical (unpaired) electrons. The molecule has 1 aromatic carbocycles. The number of hydrogen-bond donors (Lipinski definition) is 0. The summed E-state index contributed by atoms with van der Waals surface area (Å²) in [5.41, 5.74) is 1.99. The van der Waals surface area contributed by atoms with Crippen molar-refractivity contribution in [2.24, 2.45) is 4.99 Å². The van der Waals surface area contributed by atoms with E-state index < -0.39 is 6.04 Å². The van der Waals surface area contributed by atoms with Crippen LogP contribution in [0.2, 0.25) is 0 Å². The third kappa shape index (κ3) is 4.57. The average Bonchev–Trinajstić information content (AvgIpc) is 3.27. The second-order valence-electron chi connectivity index (χ2n) is 6.67. The van der Waals surface area contributed by atoms with Gasteiger partial charge in [0.05, 0.1) is 18.5 Å². The molecule has 6 nitrogen and oxygen atoms in total. The Bertz CT molecular complexity index is 768. The number of amides is 1. The maximum Gasteiger partial charge on any atom is 0.258 e. The zero-order valence-electron chi connectivity index (χ0n) is 16.2. The summed E-state index contributed by atoms with van der Waals surface area (Å²) in [6.07, 6.45) is 2.51. The van der Waals surface area contributed by atoms with Gasteiger partial charge in [-0.05, 0) is 51.5 Å². The lowest BCUT2D eigenvalue weighted by molar-refractivity contribution is -0.117. The van der Waals surface area contributed by atoms with Crippen LogP contribution in [0.15, 0.2) is 52.1 Å². The Labute approximate surface area is 160 Å². The number of ether oxygens (including phenoxy) is 1. The molecule has 0 fully saturated rings. The van der Waals surface area contributed by atoms with E-state index in [-0.39, 0.29) is 5.91 Å². The summed E-state index contributed by atoms with van der Waals surface area (Å²) in [7, 11) is 0. The molecule has 2 aromatic rings. The number of carbonyl (C=O) groups is 1. The Kier molecular flexibility index (Phi) is 6.29. The SMILES string of the molecule is CCOCCCN(Cc1ccco1)C1=NC(C)C(=O)N1c1ccc(C)cc1. The van der Waals surface area contributed by atoms with Gasteiger partial charge in [0.25, 0.3) is 5.91 Å². The summed E-state index contributed by atoms with van der Waals surface area (Å²) in [6, 6.07) is 11.4. The predicted octanol–water partition coefficient (Wildman–Crippen LogP) is 3.61. The van der Waals surface area contributed by atoms with Crippen LogP contribution in [0.25, 0.3) is 0 Å². The van der Waals surface area contributed by atoms with Crippen LogP contribution < -0.4 is 4.90 Å². The molecule has 0 bridgehead atoms. The molecule has 1 amide bonds. The quantitative estimate of drug-likeness (QED) is 0.667. The van der Waals surface area contributed by atoms with Crippen LogP contribution in [0.3, 0.4) is 0 Å². The van der Waals surface area contributed by atoms with E-state index in [2.05, 4.69) is 9.89 Å². The van der Waals surface area contributed by atoms with E-state index in [1.807, 2.05) is 57.2 Å². The molecule has 1 aromatic heterocycles. The third-order valence-electron chi connectivity index (χ3n) is 4.51. The number of hydrogen-bond acceptors (Lipinski definition) is 5. The van der Waals surface area contributed by atoms with Crippen molar-refractivity contribution >= 4 is 17.6 Å². The summed E-state index contributed by atoms with van der Waals surface area (Å²) in [5, 5.41) is 0. The van der Waals surface area contributed by atoms with Gasteiger partial charge in [-0.1, -0.05) is 17.7 Å². The third-order valence-corrected chi connectivity index (χ3v) is 4.51. The van der Waals surface area contributed by atoms with Crippen LogP contribution in [0.1, 0.15) is 31.6 Å². The van der Waals surface area contributed by atoms with E-state index in [4.69, 9.17) is 9.15 Å². The molecule has 1 atom stereocenters. The van der Waals surface area contributed by atoms with Gasteiger partial charge in [-0.15, -0.1) is 0 Å². The van der Waals surface area contributed by atoms with E-state index in [1.165, 1.54) is 0 Å². The molecular formula is C21H27N3O3. The number of anilines is 1. The fourth-order valence-corrected chi connectivity index (χ4v) is 3.07. The fraction of sp³-hybridized carbons (Fsp3) is 0.429. The van der Waals surface area contributed by atoms with Gasteiger partial charge < -0.3 is 14.1 Å². The second kappa shape index (κ2) is 8.86. The van der Waals surface area contributed by atoms with E-state index in [1.54, 1.807) is 11.2 Å². The highest BCUT2D eigenvalue weighted by atomic mass is 16.5. The van der Waals surface area contributed by atoms with Crippen molar-refractivity contribution in [2.45, 2.75) is 39.8 Å². The van der Waals surface area contributed by atoms with Gasteiger partial charge in [0.2, 0.25) is 5.96 Å². The predicted molar refractivity (Wildman–Crippen MR) is 106 cm³/mol. The fourth-order valence-electron chi connectivity index (χ4n) is 3.07. The van der Waals surface area contributed by atoms with Crippen LogP contribution in [-0.2, 0) is 16.1 Å². The molecule has 144 valence electrons. The van der Waals surface area contributed by atoms with Crippen molar-refractivity contribution in [1.82, 2.24) is 4.90 Å². The van der Waals surface area contributed by atoms with Gasteiger partial charge in [0.15, 0.2) is 0 Å². The minimum atomic E-state index is -0.396. The Morgan fingerprint density at radius 2 is 2.04 bits per heavy atom. The van der Waals surface area contributed by atoms with Crippen LogP contribution >= 0.6 is 0 Å². The molecule has 0 aliphatic carbocycles. The molecule has 0 saturated heterocycles. The van der Waals surface area contributed by atoms with Crippen molar-refractivity contribution < 1.29 is 13.9 Å². The molecule has 27 heavy (non-hydrogen) atoms. The molecule has 1 aliphatic heterocycles. The number of aryl methyl sites for hydroxylation is 1. The second-order valence-corrected chi connectivity index (χ2v) is 6.67. The largest absolute Gasteiger partial charge is 0.467 e. The molecule has 0 spiro atoms. The summed E-state index contributed by atoms with van der Waals surface area (Å²) in [6.45, 7) is 8.51. The maximum absolute atomic E-state index is 12.8. The molecule has 0 N–H and O–H groups in total. The Hall–Kier alpha value is -2.60. The molecule has 6 heteroatoms. The number of rotatable bonds is 8. The highest BCUT2D eigenvalue weighted by Gasteiger charge is 2.36. The number of guanidine groups is 1. The van der Waals surface area contributed by atoms with Crippen LogP contribution in [-0.4, -0.2) is 42.6 Å². The van der Waals surface area contributed by atoms with Gasteiger partial charge in [-0.25, -0.2) is 9.89 Å². The molecule has 1 unspecified atom stereocenters. The monoisotopic (exact) mass is 369 g/mol. The van der Waals surface area contributed by atoms with Gasteiger partial charge in [0, 0.05) is 19.8 Å². The number of carbonyl (C=O) groups excluding carboxylic acids is 1. The number of nitrogens with zero attached hydrogens (tertiary/aromatic N) is 3. The van der Waals surface area contributed by atoms with Gasteiger partial charge in [-0.2, -0.15) is 0 Å². The van der Waals surface area contributed by atoms with E-state index in [0.717, 1.165) is 30.0 Å². The average molecular weight is 369 g/mol. The van der Waals surface area contributed by atoms with Crippen LogP contribution in [0.5, 0.6) is 0 Å². The lowest BCUT2D eigenvalue weighted by Crippen LogP contribution is -2.45. The van der Waals surface area contributed by atoms with Crippen molar-refractivity contribution in [3.8, 4) is 0 Å². The lowest BCUT2D eigenvalue weighted by Gasteiger charge is -2.29. The summed E-state index contributed by atoms with van der Waals surface area (Å²) < 4.78 is 11.0. The Balaban J connectivity index is 1.85. The van der Waals surface area contributed by atoms with Gasteiger partial charge >= 0.3 is 0 Å². The normalized spacial score (nSPS) is 16.7. The molecule has 2 heterocycles. The van der Waals surface area contributed by atoms with Gasteiger partial charge in [0.1, 0.15) is 11.8 Å². The first-order valence-corrected chi connectivity index (χ1v) is 9.43. The standard InChI is InChI=1S/C21H27N3O3/c1-4-26-13-6-12-23(15-19-7-5-14-27-19)21-22-17(3)20(25)24(21)18-10-8-16(2)9-11-18/h5,7-11,14,17H,4,6,12-13,15H2,1-3H3. The first-order chi connectivity index (χ1) is 13.1. The molecule has 3 rings (SSSR count). The zero-order chi connectivity index (χ0) is 19.2. The van der Waals surface area contributed by atoms with Crippen molar-refractivity contribution in [3.63, 3.8) is 0 Å². The summed E-state index contributed by atoms with van der Waals surface area (Å²) in [4.78, 5) is 21.3. The Morgan fingerprint density at radius 1 is 1.26 bits per heavy atom. The molecule has 1 aliphatic rings. The van der Waals surface area contributed by atoms with Crippen molar-refractivity contribution in [3.05, 3.63) is 54.0 Å². The minimum Gasteiger partial charge on any atom is -0.467 e. The van der Waals surface area contributed by atoms with Crippen LogP contribution in [0.4, 0.5) is 5.69 Å². The number of aliphatic imine (C=N–C) groups is 1. The summed E-state index contributed by atoms with van der Waals surface area (Å²) >= 11 is 0. The number of furan rings is 1. The summed E-state index contributed by atoms with van der Waals surface area (Å²) in [5.74, 6) is 1.50. The zero-order valence-corrected chi connectivity index (χ0v) is 16.2. The van der Waals surface area contributed by atoms with Crippen LogP contribution in [0, 0.1) is 6.92 Å². The first kappa shape index (κ1) is 19.2. The van der Waals surface area contributed by atoms with Crippen molar-refractivity contribution in [2.75, 3.05) is 24.7 Å². The first-order valence-electron chi connectivity index (χ1n) is 9.43. The number of benzene rings is 1.